The second-order valence-electron chi connectivity index (χ2n) is 3.08. The van der Waals surface area contributed by atoms with Gasteiger partial charge in [-0.05, 0) is 19.1 Å². The van der Waals surface area contributed by atoms with E-state index in [1.165, 1.54) is 6.92 Å². The van der Waals surface area contributed by atoms with Crippen molar-refractivity contribution in [1.29, 1.82) is 0 Å². The Kier molecular flexibility index (Phi) is 3.59. The molecule has 1 N–H and O–H groups in total. The quantitative estimate of drug-likeness (QED) is 0.650. The van der Waals surface area contributed by atoms with Crippen LogP contribution in [0.15, 0.2) is 12.1 Å². The highest BCUT2D eigenvalue weighted by Crippen LogP contribution is 2.34. The molecule has 0 saturated carbocycles. The van der Waals surface area contributed by atoms with E-state index in [4.69, 9.17) is 5.11 Å². The Morgan fingerprint density at radius 2 is 2.00 bits per heavy atom. The van der Waals surface area contributed by atoms with Crippen molar-refractivity contribution in [1.82, 2.24) is 0 Å². The van der Waals surface area contributed by atoms with Crippen LogP contribution in [0.3, 0.4) is 0 Å². The van der Waals surface area contributed by atoms with Crippen molar-refractivity contribution in [2.24, 2.45) is 0 Å². The lowest BCUT2D eigenvalue weighted by atomic mass is 10.1. The molecule has 0 saturated heterocycles. The summed E-state index contributed by atoms with van der Waals surface area (Å²) >= 11 is 0. The predicted molar refractivity (Wildman–Crippen MR) is 49.0 cm³/mol. The molecule has 0 heterocycles. The van der Waals surface area contributed by atoms with Gasteiger partial charge in [-0.1, -0.05) is 0 Å². The van der Waals surface area contributed by atoms with Crippen LogP contribution in [0.2, 0.25) is 0 Å². The standard InChI is InChI=1S/C10H8F4O3/c1-2-17-9(16)6-3-5(10(12,13)14)4-7(15)8(6)11/h3-4,15H,2H2,1H3. The van der Waals surface area contributed by atoms with Crippen molar-refractivity contribution in [2.75, 3.05) is 6.61 Å². The van der Waals surface area contributed by atoms with Crippen molar-refractivity contribution in [3.8, 4) is 5.75 Å². The van der Waals surface area contributed by atoms with Gasteiger partial charge >= 0.3 is 12.1 Å². The fourth-order valence-corrected chi connectivity index (χ4v) is 1.13. The van der Waals surface area contributed by atoms with Gasteiger partial charge in [0.2, 0.25) is 0 Å². The first-order valence-electron chi connectivity index (χ1n) is 4.54. The highest BCUT2D eigenvalue weighted by Gasteiger charge is 2.33. The summed E-state index contributed by atoms with van der Waals surface area (Å²) in [4.78, 5) is 11.2. The maximum Gasteiger partial charge on any atom is 0.416 e. The molecule has 1 rings (SSSR count). The molecule has 1 aromatic carbocycles. The molecule has 0 aliphatic rings. The monoisotopic (exact) mass is 252 g/mol. The summed E-state index contributed by atoms with van der Waals surface area (Å²) < 4.78 is 54.6. The molecule has 1 aromatic rings. The Bertz CT molecular complexity index is 440. The van der Waals surface area contributed by atoms with E-state index < -0.39 is 34.8 Å². The van der Waals surface area contributed by atoms with Gasteiger partial charge in [0.05, 0.1) is 17.7 Å². The van der Waals surface area contributed by atoms with Crippen LogP contribution in [0.25, 0.3) is 0 Å². The van der Waals surface area contributed by atoms with Crippen molar-refractivity contribution in [3.63, 3.8) is 0 Å². The van der Waals surface area contributed by atoms with E-state index in [0.717, 1.165) is 0 Å². The van der Waals surface area contributed by atoms with Gasteiger partial charge in [-0.15, -0.1) is 0 Å². The third-order valence-electron chi connectivity index (χ3n) is 1.88. The molecule has 0 atom stereocenters. The third-order valence-corrected chi connectivity index (χ3v) is 1.88. The summed E-state index contributed by atoms with van der Waals surface area (Å²) in [5, 5.41) is 8.98. The number of rotatable bonds is 2. The molecule has 0 amide bonds. The minimum Gasteiger partial charge on any atom is -0.505 e. The molecule has 94 valence electrons. The number of carbonyl (C=O) groups excluding carboxylic acids is 1. The molecule has 0 unspecified atom stereocenters. The van der Waals surface area contributed by atoms with Gasteiger partial charge in [0.25, 0.3) is 0 Å². The number of aromatic hydroxyl groups is 1. The van der Waals surface area contributed by atoms with Crippen molar-refractivity contribution >= 4 is 5.97 Å². The van der Waals surface area contributed by atoms with Crippen LogP contribution in [0.4, 0.5) is 17.6 Å². The minimum absolute atomic E-state index is 0.116. The van der Waals surface area contributed by atoms with E-state index >= 15 is 0 Å². The van der Waals surface area contributed by atoms with Crippen molar-refractivity contribution in [2.45, 2.75) is 13.1 Å². The molecule has 0 bridgehead atoms. The molecular formula is C10H8F4O3. The SMILES string of the molecule is CCOC(=O)c1cc(C(F)(F)F)cc(O)c1F. The number of halogens is 4. The minimum atomic E-state index is -4.79. The van der Waals surface area contributed by atoms with Gasteiger partial charge in [0, 0.05) is 0 Å². The summed E-state index contributed by atoms with van der Waals surface area (Å²) in [6, 6.07) is 0.505. The van der Waals surface area contributed by atoms with Gasteiger partial charge in [0.15, 0.2) is 11.6 Å². The number of alkyl halides is 3. The Morgan fingerprint density at radius 3 is 2.47 bits per heavy atom. The number of ether oxygens (including phenoxy) is 1. The van der Waals surface area contributed by atoms with E-state index in [9.17, 15) is 22.4 Å². The van der Waals surface area contributed by atoms with Crippen LogP contribution in [-0.2, 0) is 10.9 Å². The van der Waals surface area contributed by atoms with Gasteiger partial charge < -0.3 is 9.84 Å². The Hall–Kier alpha value is -1.79. The molecular weight excluding hydrogens is 244 g/mol. The van der Waals surface area contributed by atoms with Crippen LogP contribution >= 0.6 is 0 Å². The summed E-state index contributed by atoms with van der Waals surface area (Å²) in [5.74, 6) is -3.94. The third kappa shape index (κ3) is 2.86. The van der Waals surface area contributed by atoms with Gasteiger partial charge in [-0.25, -0.2) is 9.18 Å². The van der Waals surface area contributed by atoms with Crippen molar-refractivity contribution in [3.05, 3.63) is 29.1 Å². The Balaban J connectivity index is 3.30. The van der Waals surface area contributed by atoms with Crippen LogP contribution < -0.4 is 0 Å². The molecule has 0 aliphatic heterocycles. The molecule has 0 aromatic heterocycles. The Labute approximate surface area is 93.6 Å². The fraction of sp³-hybridized carbons (Fsp3) is 0.300. The lowest BCUT2D eigenvalue weighted by molar-refractivity contribution is -0.137. The Morgan fingerprint density at radius 1 is 1.41 bits per heavy atom. The van der Waals surface area contributed by atoms with Crippen molar-refractivity contribution < 1.29 is 32.2 Å². The molecule has 0 spiro atoms. The number of esters is 1. The predicted octanol–water partition coefficient (Wildman–Crippen LogP) is 2.73. The average Bonchev–Trinajstić information content (AvgIpc) is 2.20. The number of phenolic OH excluding ortho intramolecular Hbond substituents is 1. The number of hydrogen-bond acceptors (Lipinski definition) is 3. The smallest absolute Gasteiger partial charge is 0.416 e. The van der Waals surface area contributed by atoms with Crippen LogP contribution in [0, 0.1) is 5.82 Å². The molecule has 17 heavy (non-hydrogen) atoms. The highest BCUT2D eigenvalue weighted by atomic mass is 19.4. The number of carbonyl (C=O) groups is 1. The summed E-state index contributed by atoms with van der Waals surface area (Å²) in [7, 11) is 0. The summed E-state index contributed by atoms with van der Waals surface area (Å²) in [6.45, 7) is 1.30. The molecule has 0 radical (unpaired) electrons. The molecule has 7 heteroatoms. The fourth-order valence-electron chi connectivity index (χ4n) is 1.13. The second kappa shape index (κ2) is 4.60. The topological polar surface area (TPSA) is 46.5 Å². The average molecular weight is 252 g/mol. The van der Waals surface area contributed by atoms with Crippen LogP contribution in [0.5, 0.6) is 5.75 Å². The number of hydrogen-bond donors (Lipinski definition) is 1. The summed E-state index contributed by atoms with van der Waals surface area (Å²) in [6.07, 6.45) is -4.79. The second-order valence-corrected chi connectivity index (χ2v) is 3.08. The van der Waals surface area contributed by atoms with Gasteiger partial charge in [-0.2, -0.15) is 13.2 Å². The van der Waals surface area contributed by atoms with Crippen LogP contribution in [0.1, 0.15) is 22.8 Å². The van der Waals surface area contributed by atoms with Gasteiger partial charge in [-0.3, -0.25) is 0 Å². The zero-order valence-electron chi connectivity index (χ0n) is 8.64. The lowest BCUT2D eigenvalue weighted by Crippen LogP contribution is -2.12. The first-order valence-corrected chi connectivity index (χ1v) is 4.54. The van der Waals surface area contributed by atoms with E-state index in [-0.39, 0.29) is 12.7 Å². The summed E-state index contributed by atoms with van der Waals surface area (Å²) in [5.41, 5.74) is -2.27. The first kappa shape index (κ1) is 13.3. The first-order chi connectivity index (χ1) is 7.77. The van der Waals surface area contributed by atoms with E-state index in [0.29, 0.717) is 6.07 Å². The molecule has 0 fully saturated rings. The maximum absolute atomic E-state index is 13.2. The lowest BCUT2D eigenvalue weighted by Gasteiger charge is -2.10. The molecule has 3 nitrogen and oxygen atoms in total. The zero-order chi connectivity index (χ0) is 13.2. The van der Waals surface area contributed by atoms with E-state index in [1.807, 2.05) is 0 Å². The normalized spacial score (nSPS) is 11.4. The van der Waals surface area contributed by atoms with Crippen LogP contribution in [-0.4, -0.2) is 17.7 Å². The zero-order valence-corrected chi connectivity index (χ0v) is 8.64. The number of benzene rings is 1. The number of phenols is 1. The van der Waals surface area contributed by atoms with E-state index in [2.05, 4.69) is 4.74 Å². The highest BCUT2D eigenvalue weighted by molar-refractivity contribution is 5.90. The maximum atomic E-state index is 13.2. The molecule has 0 aliphatic carbocycles. The van der Waals surface area contributed by atoms with E-state index in [1.54, 1.807) is 0 Å². The largest absolute Gasteiger partial charge is 0.505 e. The van der Waals surface area contributed by atoms with Gasteiger partial charge in [0.1, 0.15) is 0 Å².